The summed E-state index contributed by atoms with van der Waals surface area (Å²) in [5, 5.41) is 7.14. The first kappa shape index (κ1) is 26.8. The first-order valence-electron chi connectivity index (χ1n) is 12.7. The van der Waals surface area contributed by atoms with E-state index in [-0.39, 0.29) is 30.2 Å². The van der Waals surface area contributed by atoms with Gasteiger partial charge in [0.25, 0.3) is 5.91 Å². The summed E-state index contributed by atoms with van der Waals surface area (Å²) in [4.78, 5) is 40.0. The molecule has 0 saturated carbocycles. The molecule has 204 valence electrons. The predicted molar refractivity (Wildman–Crippen MR) is 145 cm³/mol. The van der Waals surface area contributed by atoms with Crippen LogP contribution in [0.1, 0.15) is 26.3 Å². The summed E-state index contributed by atoms with van der Waals surface area (Å²) >= 11 is 0. The van der Waals surface area contributed by atoms with Gasteiger partial charge in [-0.15, -0.1) is 0 Å². The fourth-order valence-corrected chi connectivity index (χ4v) is 6.81. The van der Waals surface area contributed by atoms with Crippen LogP contribution in [0, 0.1) is 0 Å². The Balaban J connectivity index is 1.27. The number of anilines is 1. The van der Waals surface area contributed by atoms with E-state index in [9.17, 15) is 22.8 Å². The van der Waals surface area contributed by atoms with Crippen molar-refractivity contribution >= 4 is 44.3 Å². The lowest BCUT2D eigenvalue weighted by Crippen LogP contribution is -2.48. The summed E-state index contributed by atoms with van der Waals surface area (Å²) in [6.45, 7) is 5.31. The first-order valence-corrected chi connectivity index (χ1v) is 14.1. The van der Waals surface area contributed by atoms with E-state index in [2.05, 4.69) is 10.6 Å². The van der Waals surface area contributed by atoms with E-state index >= 15 is 0 Å². The molecule has 0 radical (unpaired) electrons. The van der Waals surface area contributed by atoms with Crippen molar-refractivity contribution in [2.75, 3.05) is 25.0 Å². The van der Waals surface area contributed by atoms with Crippen LogP contribution in [0.25, 0.3) is 10.8 Å². The molecule has 2 heterocycles. The Labute approximate surface area is 227 Å². The highest BCUT2D eigenvalue weighted by Gasteiger charge is 2.50. The number of carbonyl (C=O) groups excluding carboxylic acids is 3. The second-order valence-electron chi connectivity index (χ2n) is 10.1. The largest absolute Gasteiger partial charge is 0.373 e. The minimum Gasteiger partial charge on any atom is -0.373 e. The molecule has 0 aliphatic carbocycles. The van der Waals surface area contributed by atoms with Crippen molar-refractivity contribution in [3.63, 3.8) is 0 Å². The van der Waals surface area contributed by atoms with E-state index < -0.39 is 40.0 Å². The molecule has 10 nitrogen and oxygen atoms in total. The molecule has 4 amide bonds. The molecule has 0 spiro atoms. The third-order valence-electron chi connectivity index (χ3n) is 7.07. The smallest absolute Gasteiger partial charge is 0.325 e. The molecule has 0 bridgehead atoms. The molecule has 2 fully saturated rings. The average molecular weight is 551 g/mol. The summed E-state index contributed by atoms with van der Waals surface area (Å²) in [5.74, 6) is -1.12. The van der Waals surface area contributed by atoms with Crippen molar-refractivity contribution in [1.82, 2.24) is 14.5 Å². The average Bonchev–Trinajstić information content (AvgIpc) is 3.11. The molecule has 2 N–H and O–H groups in total. The summed E-state index contributed by atoms with van der Waals surface area (Å²) in [7, 11) is -3.73. The molecule has 2 aliphatic heterocycles. The number of morpholine rings is 1. The summed E-state index contributed by atoms with van der Waals surface area (Å²) in [5.41, 5.74) is -0.350. The highest BCUT2D eigenvalue weighted by atomic mass is 32.2. The number of hydrogen-bond donors (Lipinski definition) is 2. The normalized spacial score (nSPS) is 24.1. The molecule has 0 unspecified atom stereocenters. The zero-order chi connectivity index (χ0) is 27.9. The number of nitrogens with one attached hydrogen (secondary N) is 2. The van der Waals surface area contributed by atoms with Gasteiger partial charge in [-0.2, -0.15) is 4.31 Å². The van der Waals surface area contributed by atoms with E-state index in [0.29, 0.717) is 11.3 Å². The van der Waals surface area contributed by atoms with Gasteiger partial charge < -0.3 is 15.4 Å². The SMILES string of the molecule is C[C@@H]1CN(S(=O)(=O)c2ccc(NC(=O)CN3C(=O)N[C@](C)(c4cccc5ccccc45)C3=O)cc2)C[C@@H](C)O1. The fraction of sp³-hybridized carbons (Fsp3) is 0.321. The van der Waals surface area contributed by atoms with E-state index in [1.165, 1.54) is 28.6 Å². The zero-order valence-electron chi connectivity index (χ0n) is 21.9. The maximum Gasteiger partial charge on any atom is 0.325 e. The van der Waals surface area contributed by atoms with Crippen molar-refractivity contribution < 1.29 is 27.5 Å². The van der Waals surface area contributed by atoms with E-state index in [0.717, 1.165) is 15.7 Å². The third kappa shape index (κ3) is 5.00. The van der Waals surface area contributed by atoms with Gasteiger partial charge >= 0.3 is 6.03 Å². The molecule has 2 saturated heterocycles. The third-order valence-corrected chi connectivity index (χ3v) is 8.91. The Bertz CT molecular complexity index is 1540. The lowest BCUT2D eigenvalue weighted by molar-refractivity contribution is -0.133. The number of benzene rings is 3. The van der Waals surface area contributed by atoms with Gasteiger partial charge in [0.05, 0.1) is 17.1 Å². The van der Waals surface area contributed by atoms with Crippen molar-refractivity contribution in [3.05, 3.63) is 72.3 Å². The first-order chi connectivity index (χ1) is 18.5. The number of nitrogens with zero attached hydrogens (tertiary/aromatic N) is 2. The van der Waals surface area contributed by atoms with Crippen LogP contribution in [0.3, 0.4) is 0 Å². The number of carbonyl (C=O) groups is 3. The number of fused-ring (bicyclic) bond motifs is 1. The van der Waals surface area contributed by atoms with Gasteiger partial charge in [0.1, 0.15) is 12.1 Å². The number of amides is 4. The van der Waals surface area contributed by atoms with E-state index in [1.54, 1.807) is 13.0 Å². The van der Waals surface area contributed by atoms with Crippen LogP contribution >= 0.6 is 0 Å². The van der Waals surface area contributed by atoms with Crippen molar-refractivity contribution in [2.24, 2.45) is 0 Å². The fourth-order valence-electron chi connectivity index (χ4n) is 5.21. The summed E-state index contributed by atoms with van der Waals surface area (Å²) in [6.07, 6.45) is -0.426. The lowest BCUT2D eigenvalue weighted by Gasteiger charge is -2.34. The Hall–Kier alpha value is -3.80. The molecule has 5 rings (SSSR count). The van der Waals surface area contributed by atoms with Crippen LogP contribution in [-0.2, 0) is 29.9 Å². The maximum absolute atomic E-state index is 13.4. The number of hydrogen-bond acceptors (Lipinski definition) is 6. The Morgan fingerprint density at radius 2 is 1.64 bits per heavy atom. The molecule has 11 heteroatoms. The predicted octanol–water partition coefficient (Wildman–Crippen LogP) is 3.04. The molecule has 0 aromatic heterocycles. The van der Waals surface area contributed by atoms with Crippen LogP contribution in [-0.4, -0.2) is 67.3 Å². The van der Waals surface area contributed by atoms with Crippen LogP contribution in [0.2, 0.25) is 0 Å². The minimum atomic E-state index is -3.73. The van der Waals surface area contributed by atoms with Gasteiger partial charge in [0, 0.05) is 18.8 Å². The number of imide groups is 1. The van der Waals surface area contributed by atoms with E-state index in [1.807, 2.05) is 50.2 Å². The minimum absolute atomic E-state index is 0.0988. The number of sulfonamides is 1. The zero-order valence-corrected chi connectivity index (χ0v) is 22.7. The van der Waals surface area contributed by atoms with Gasteiger partial charge in [-0.25, -0.2) is 13.2 Å². The van der Waals surface area contributed by atoms with E-state index in [4.69, 9.17) is 4.74 Å². The topological polar surface area (TPSA) is 125 Å². The molecule has 3 atom stereocenters. The molecule has 39 heavy (non-hydrogen) atoms. The van der Waals surface area contributed by atoms with Gasteiger partial charge in [-0.1, -0.05) is 42.5 Å². The molecular formula is C28H30N4O6S. The molecule has 2 aliphatic rings. The standard InChI is InChI=1S/C28H30N4O6S/c1-18-15-31(16-19(2)38-18)39(36,37)22-13-11-21(12-14-22)29-25(33)17-32-26(34)28(3,30-27(32)35)24-10-6-8-20-7-4-5-9-23(20)24/h4-14,18-19H,15-17H2,1-3H3,(H,29,33)(H,30,35)/t18-,19-,28-/m1/s1. The number of rotatable bonds is 6. The van der Waals surface area contributed by atoms with Gasteiger partial charge in [0.2, 0.25) is 15.9 Å². The van der Waals surface area contributed by atoms with Crippen molar-refractivity contribution in [1.29, 1.82) is 0 Å². The van der Waals surface area contributed by atoms with Crippen LogP contribution in [0.4, 0.5) is 10.5 Å². The molecule has 3 aromatic rings. The van der Waals surface area contributed by atoms with Gasteiger partial charge in [-0.05, 0) is 61.4 Å². The van der Waals surface area contributed by atoms with Crippen molar-refractivity contribution in [3.8, 4) is 0 Å². The quantitative estimate of drug-likeness (QED) is 0.455. The van der Waals surface area contributed by atoms with Crippen LogP contribution in [0.5, 0.6) is 0 Å². The van der Waals surface area contributed by atoms with Crippen LogP contribution < -0.4 is 10.6 Å². The van der Waals surface area contributed by atoms with Crippen molar-refractivity contribution in [2.45, 2.75) is 43.4 Å². The van der Waals surface area contributed by atoms with Gasteiger partial charge in [0.15, 0.2) is 0 Å². The Kier molecular flexibility index (Phi) is 6.91. The number of ether oxygens (including phenoxy) is 1. The Morgan fingerprint density at radius 1 is 1.00 bits per heavy atom. The summed E-state index contributed by atoms with van der Waals surface area (Å²) in [6, 6.07) is 18.2. The second kappa shape index (κ2) is 10.1. The Morgan fingerprint density at radius 3 is 2.33 bits per heavy atom. The molecular weight excluding hydrogens is 520 g/mol. The highest BCUT2D eigenvalue weighted by Crippen LogP contribution is 2.34. The second-order valence-corrected chi connectivity index (χ2v) is 12.1. The monoisotopic (exact) mass is 550 g/mol. The van der Waals surface area contributed by atoms with Crippen LogP contribution in [0.15, 0.2) is 71.6 Å². The number of urea groups is 1. The summed E-state index contributed by atoms with van der Waals surface area (Å²) < 4.78 is 33.2. The lowest BCUT2D eigenvalue weighted by atomic mass is 9.88. The molecule has 3 aromatic carbocycles. The van der Waals surface area contributed by atoms with Gasteiger partial charge in [-0.3, -0.25) is 14.5 Å². The highest BCUT2D eigenvalue weighted by molar-refractivity contribution is 7.89. The maximum atomic E-state index is 13.4.